The molecule has 0 fully saturated rings. The van der Waals surface area contributed by atoms with Gasteiger partial charge in [-0.3, -0.25) is 9.59 Å². The summed E-state index contributed by atoms with van der Waals surface area (Å²) >= 11 is 3.44. The van der Waals surface area contributed by atoms with E-state index in [0.29, 0.717) is 23.5 Å². The molecule has 1 aliphatic carbocycles. The smallest absolute Gasteiger partial charge is 0.327 e. The fraction of sp³-hybridized carbons (Fsp3) is 0.227. The Bertz CT molecular complexity index is 1050. The molecule has 2 aromatic carbocycles. The molecule has 0 bridgehead atoms. The van der Waals surface area contributed by atoms with Crippen molar-refractivity contribution in [1.29, 1.82) is 0 Å². The summed E-state index contributed by atoms with van der Waals surface area (Å²) in [7, 11) is -0.167. The zero-order valence-electron chi connectivity index (χ0n) is 15.5. The van der Waals surface area contributed by atoms with Crippen molar-refractivity contribution in [2.24, 2.45) is 0 Å². The molecule has 0 N–H and O–H groups in total. The second-order valence-corrected chi connectivity index (χ2v) is 9.09. The largest absolute Gasteiger partial charge is 0.488 e. The highest BCUT2D eigenvalue weighted by molar-refractivity contribution is 9.10. The van der Waals surface area contributed by atoms with Crippen LogP contribution in [0, 0.1) is 0 Å². The minimum absolute atomic E-state index is 0.0935. The van der Waals surface area contributed by atoms with Crippen LogP contribution < -0.4 is 4.74 Å². The number of halogens is 1. The van der Waals surface area contributed by atoms with Gasteiger partial charge in [0.05, 0.1) is 4.83 Å². The van der Waals surface area contributed by atoms with E-state index in [-0.39, 0.29) is 31.6 Å². The van der Waals surface area contributed by atoms with Gasteiger partial charge in [0, 0.05) is 25.3 Å². The van der Waals surface area contributed by atoms with E-state index in [9.17, 15) is 14.4 Å². The van der Waals surface area contributed by atoms with Crippen LogP contribution in [0.15, 0.2) is 42.7 Å². The Morgan fingerprint density at radius 1 is 1.21 bits per heavy atom. The SMILES string of the molecule is C=CPC(=O)OCC(=O)c1ccc2c(c1)COc1cc3c(cc1-2)CCC(Br)C3=O. The second kappa shape index (κ2) is 8.21. The predicted octanol–water partition coefficient (Wildman–Crippen LogP) is 5.28. The van der Waals surface area contributed by atoms with Crippen LogP contribution in [-0.2, 0) is 17.8 Å². The third kappa shape index (κ3) is 3.92. The quantitative estimate of drug-likeness (QED) is 0.336. The molecular formula is C22H18BrO5P. The number of ketones is 2. The summed E-state index contributed by atoms with van der Waals surface area (Å²) in [4.78, 5) is 36.1. The van der Waals surface area contributed by atoms with Gasteiger partial charge in [-0.1, -0.05) is 40.5 Å². The van der Waals surface area contributed by atoms with Crippen molar-refractivity contribution in [1.82, 2.24) is 0 Å². The summed E-state index contributed by atoms with van der Waals surface area (Å²) in [6.07, 6.45) is 1.60. The number of Topliss-reactive ketones (excluding diaryl/α,β-unsaturated/α-hetero) is 2. The number of fused-ring (bicyclic) bond motifs is 4. The van der Waals surface area contributed by atoms with Crippen LogP contribution in [0.3, 0.4) is 0 Å². The number of aryl methyl sites for hydroxylation is 1. The molecular weight excluding hydrogens is 455 g/mol. The normalized spacial score (nSPS) is 17.1. The van der Waals surface area contributed by atoms with Gasteiger partial charge >= 0.3 is 5.71 Å². The third-order valence-corrected chi connectivity index (χ3v) is 6.54. The van der Waals surface area contributed by atoms with E-state index in [0.717, 1.165) is 35.1 Å². The van der Waals surface area contributed by atoms with Crippen LogP contribution >= 0.6 is 24.5 Å². The first-order valence-corrected chi connectivity index (χ1v) is 11.2. The van der Waals surface area contributed by atoms with Gasteiger partial charge in [0.2, 0.25) is 0 Å². The van der Waals surface area contributed by atoms with E-state index in [1.165, 1.54) is 5.82 Å². The van der Waals surface area contributed by atoms with Crippen molar-refractivity contribution >= 4 is 41.8 Å². The highest BCUT2D eigenvalue weighted by Crippen LogP contribution is 2.41. The molecule has 0 aromatic heterocycles. The van der Waals surface area contributed by atoms with Crippen LogP contribution in [0.5, 0.6) is 5.75 Å². The standard InChI is InChI=1S/C22H18BrO5P/c1-2-29-22(26)28-11-19(24)13-3-5-15-14(7-13)10-27-20-9-16-12(8-17(15)20)4-6-18(23)21(16)25/h2-3,5,7-9,18,29H,1,4,6,10-11H2. The summed E-state index contributed by atoms with van der Waals surface area (Å²) in [5.41, 5.74) is 4.58. The van der Waals surface area contributed by atoms with Gasteiger partial charge < -0.3 is 9.47 Å². The molecule has 2 atom stereocenters. The number of carbonyl (C=O) groups is 3. The first-order valence-electron chi connectivity index (χ1n) is 9.16. The molecule has 0 radical (unpaired) electrons. The minimum Gasteiger partial charge on any atom is -0.488 e. The first-order chi connectivity index (χ1) is 14.0. The van der Waals surface area contributed by atoms with Crippen LogP contribution in [-0.4, -0.2) is 28.7 Å². The van der Waals surface area contributed by atoms with Crippen LogP contribution in [0.1, 0.15) is 38.3 Å². The zero-order chi connectivity index (χ0) is 20.5. The molecule has 2 unspecified atom stereocenters. The molecule has 148 valence electrons. The highest BCUT2D eigenvalue weighted by atomic mass is 79.9. The fourth-order valence-electron chi connectivity index (χ4n) is 3.62. The maximum absolute atomic E-state index is 12.4. The molecule has 2 aromatic rings. The van der Waals surface area contributed by atoms with Crippen molar-refractivity contribution in [3.63, 3.8) is 0 Å². The van der Waals surface area contributed by atoms with Gasteiger partial charge in [0.1, 0.15) is 12.4 Å². The average Bonchev–Trinajstić information content (AvgIpc) is 2.73. The van der Waals surface area contributed by atoms with Gasteiger partial charge in [-0.25, -0.2) is 4.79 Å². The molecule has 1 heterocycles. The number of carbonyl (C=O) groups excluding carboxylic acids is 3. The Morgan fingerprint density at radius 2 is 2.03 bits per heavy atom. The number of alkyl halides is 1. The molecule has 4 rings (SSSR count). The molecule has 2 aliphatic rings. The number of hydrogen-bond acceptors (Lipinski definition) is 5. The topological polar surface area (TPSA) is 69.7 Å². The Morgan fingerprint density at radius 3 is 2.83 bits per heavy atom. The molecule has 5 nitrogen and oxygen atoms in total. The summed E-state index contributed by atoms with van der Waals surface area (Å²) in [6.45, 7) is 3.50. The lowest BCUT2D eigenvalue weighted by Gasteiger charge is -2.26. The number of ether oxygens (including phenoxy) is 2. The lowest BCUT2D eigenvalue weighted by atomic mass is 9.85. The molecule has 0 spiro atoms. The van der Waals surface area contributed by atoms with E-state index in [4.69, 9.17) is 9.47 Å². The Balaban J connectivity index is 1.60. The zero-order valence-corrected chi connectivity index (χ0v) is 18.1. The summed E-state index contributed by atoms with van der Waals surface area (Å²) in [5, 5.41) is 0. The monoisotopic (exact) mass is 472 g/mol. The molecule has 0 saturated carbocycles. The van der Waals surface area contributed by atoms with E-state index in [2.05, 4.69) is 22.5 Å². The Hall–Kier alpha value is -2.30. The predicted molar refractivity (Wildman–Crippen MR) is 116 cm³/mol. The highest BCUT2D eigenvalue weighted by Gasteiger charge is 2.29. The van der Waals surface area contributed by atoms with Crippen molar-refractivity contribution in [2.75, 3.05) is 6.61 Å². The van der Waals surface area contributed by atoms with Crippen molar-refractivity contribution < 1.29 is 23.9 Å². The number of rotatable bonds is 5. The maximum Gasteiger partial charge on any atom is 0.327 e. The van der Waals surface area contributed by atoms with E-state index < -0.39 is 5.71 Å². The minimum atomic E-state index is -0.450. The van der Waals surface area contributed by atoms with Gasteiger partial charge in [-0.2, -0.15) is 0 Å². The maximum atomic E-state index is 12.4. The van der Waals surface area contributed by atoms with Crippen molar-refractivity contribution in [3.05, 3.63) is 65.0 Å². The third-order valence-electron chi connectivity index (χ3n) is 5.08. The van der Waals surface area contributed by atoms with Gasteiger partial charge in [0.25, 0.3) is 0 Å². The molecule has 0 saturated heterocycles. The first kappa shape index (κ1) is 20.0. The van der Waals surface area contributed by atoms with Gasteiger partial charge in [-0.05, 0) is 47.7 Å². The van der Waals surface area contributed by atoms with E-state index >= 15 is 0 Å². The number of hydrogen-bond donors (Lipinski definition) is 0. The van der Waals surface area contributed by atoms with Crippen molar-refractivity contribution in [3.8, 4) is 16.9 Å². The summed E-state index contributed by atoms with van der Waals surface area (Å²) < 4.78 is 10.9. The molecule has 29 heavy (non-hydrogen) atoms. The van der Waals surface area contributed by atoms with Crippen LogP contribution in [0.2, 0.25) is 0 Å². The fourth-order valence-corrected chi connectivity index (χ4v) is 4.41. The summed E-state index contributed by atoms with van der Waals surface area (Å²) in [6, 6.07) is 9.27. The second-order valence-electron chi connectivity index (χ2n) is 6.88. The van der Waals surface area contributed by atoms with E-state index in [1.807, 2.05) is 18.2 Å². The van der Waals surface area contributed by atoms with E-state index in [1.54, 1.807) is 12.1 Å². The molecule has 1 aliphatic heterocycles. The Labute approximate surface area is 178 Å². The Kier molecular flexibility index (Phi) is 5.66. The average molecular weight is 473 g/mol. The van der Waals surface area contributed by atoms with Gasteiger partial charge in [0.15, 0.2) is 18.2 Å². The lowest BCUT2D eigenvalue weighted by Crippen LogP contribution is -2.23. The van der Waals surface area contributed by atoms with Gasteiger partial charge in [-0.15, -0.1) is 0 Å². The van der Waals surface area contributed by atoms with Crippen LogP contribution in [0.4, 0.5) is 4.79 Å². The molecule has 0 amide bonds. The number of benzene rings is 2. The lowest BCUT2D eigenvalue weighted by molar-refractivity contribution is 0.0876. The van der Waals surface area contributed by atoms with Crippen molar-refractivity contribution in [2.45, 2.75) is 24.3 Å². The summed E-state index contributed by atoms with van der Waals surface area (Å²) in [5.74, 6) is 1.98. The molecule has 7 heteroatoms. The van der Waals surface area contributed by atoms with Crippen LogP contribution in [0.25, 0.3) is 11.1 Å².